The lowest BCUT2D eigenvalue weighted by molar-refractivity contribution is 0.988. The topological polar surface area (TPSA) is 50.2 Å². The van der Waals surface area contributed by atoms with Gasteiger partial charge in [-0.1, -0.05) is 13.8 Å². The number of imidazole rings is 1. The quantitative estimate of drug-likeness (QED) is 0.718. The van der Waals surface area contributed by atoms with Gasteiger partial charge in [0, 0.05) is 23.1 Å². The van der Waals surface area contributed by atoms with E-state index in [0.717, 1.165) is 11.4 Å². The smallest absolute Gasteiger partial charge is 0.262 e. The van der Waals surface area contributed by atoms with Crippen LogP contribution in [-0.2, 0) is 0 Å². The molecule has 0 radical (unpaired) electrons. The second kappa shape index (κ2) is 4.29. The monoisotopic (exact) mass is 207 g/mol. The molecule has 0 aliphatic rings. The summed E-state index contributed by atoms with van der Waals surface area (Å²) in [4.78, 5) is 18.9. The summed E-state index contributed by atoms with van der Waals surface area (Å²) in [7, 11) is 0. The van der Waals surface area contributed by atoms with E-state index >= 15 is 0 Å². The zero-order valence-corrected chi connectivity index (χ0v) is 9.88. The van der Waals surface area contributed by atoms with E-state index in [1.807, 2.05) is 27.7 Å². The molecule has 0 fully saturated rings. The maximum atomic E-state index is 11.7. The Morgan fingerprint density at radius 1 is 1.27 bits per heavy atom. The van der Waals surface area contributed by atoms with Gasteiger partial charge in [0.05, 0.1) is 0 Å². The van der Waals surface area contributed by atoms with Gasteiger partial charge in [0.2, 0.25) is 5.78 Å². The Kier molecular flexibility index (Phi) is 3.29. The summed E-state index contributed by atoms with van der Waals surface area (Å²) in [6.07, 6.45) is 1.76. The number of aryl methyl sites for hydroxylation is 2. The van der Waals surface area contributed by atoms with Crippen molar-refractivity contribution in [1.82, 2.24) is 14.4 Å². The molecule has 0 amide bonds. The molecule has 0 saturated carbocycles. The summed E-state index contributed by atoms with van der Waals surface area (Å²) >= 11 is 0. The Balaban J connectivity index is 0.000000531. The van der Waals surface area contributed by atoms with Gasteiger partial charge in [0.25, 0.3) is 5.56 Å². The van der Waals surface area contributed by atoms with Gasteiger partial charge in [0.15, 0.2) is 0 Å². The van der Waals surface area contributed by atoms with E-state index in [9.17, 15) is 4.79 Å². The van der Waals surface area contributed by atoms with E-state index in [1.54, 1.807) is 13.1 Å². The first kappa shape index (κ1) is 11.5. The normalized spacial score (nSPS) is 9.93. The largest absolute Gasteiger partial charge is 0.328 e. The third-order valence-corrected chi connectivity index (χ3v) is 2.22. The summed E-state index contributed by atoms with van der Waals surface area (Å²) in [5, 5.41) is 0. The minimum Gasteiger partial charge on any atom is -0.328 e. The van der Waals surface area contributed by atoms with Crippen LogP contribution in [0.5, 0.6) is 0 Å². The van der Waals surface area contributed by atoms with Crippen LogP contribution >= 0.6 is 0 Å². The van der Waals surface area contributed by atoms with Crippen LogP contribution in [0.4, 0.5) is 0 Å². The lowest BCUT2D eigenvalue weighted by Crippen LogP contribution is -2.17. The summed E-state index contributed by atoms with van der Waals surface area (Å²) in [5.41, 5.74) is 2.44. The number of nitrogens with one attached hydrogen (secondary N) is 1. The van der Waals surface area contributed by atoms with Crippen molar-refractivity contribution in [1.29, 1.82) is 0 Å². The van der Waals surface area contributed by atoms with Crippen LogP contribution in [0.1, 0.15) is 30.8 Å². The van der Waals surface area contributed by atoms with Crippen molar-refractivity contribution in [2.24, 2.45) is 0 Å². The van der Waals surface area contributed by atoms with Gasteiger partial charge in [-0.15, -0.1) is 0 Å². The first-order valence-electron chi connectivity index (χ1n) is 5.15. The molecule has 2 aromatic rings. The van der Waals surface area contributed by atoms with Crippen molar-refractivity contribution in [3.8, 4) is 0 Å². The van der Waals surface area contributed by atoms with Crippen molar-refractivity contribution < 1.29 is 0 Å². The fourth-order valence-electron chi connectivity index (χ4n) is 1.34. The maximum absolute atomic E-state index is 11.7. The van der Waals surface area contributed by atoms with Gasteiger partial charge in [-0.25, -0.2) is 4.98 Å². The van der Waals surface area contributed by atoms with Gasteiger partial charge in [-0.05, 0) is 20.8 Å². The van der Waals surface area contributed by atoms with E-state index in [-0.39, 0.29) is 5.56 Å². The molecule has 0 spiro atoms. The van der Waals surface area contributed by atoms with Crippen LogP contribution in [0.3, 0.4) is 0 Å². The average molecular weight is 207 g/mol. The maximum Gasteiger partial charge on any atom is 0.262 e. The van der Waals surface area contributed by atoms with Crippen molar-refractivity contribution in [2.45, 2.75) is 34.6 Å². The summed E-state index contributed by atoms with van der Waals surface area (Å²) in [6, 6.07) is 0. The van der Waals surface area contributed by atoms with Gasteiger partial charge in [0.1, 0.15) is 0 Å². The first-order valence-corrected chi connectivity index (χ1v) is 5.15. The van der Waals surface area contributed by atoms with E-state index in [2.05, 4.69) is 9.97 Å². The standard InChI is InChI=1S/C9H11N3O.C2H6/c1-5-4-12-8(13)6(2)7(3)11-9(12)10-5;1-2/h4H,1-3H3,(H,10,11);1-2H3. The highest BCUT2D eigenvalue weighted by Gasteiger charge is 2.06. The number of aromatic amines is 1. The molecule has 2 heterocycles. The van der Waals surface area contributed by atoms with Crippen molar-refractivity contribution >= 4 is 5.78 Å². The van der Waals surface area contributed by atoms with Gasteiger partial charge >= 0.3 is 0 Å². The molecule has 82 valence electrons. The number of H-pyrrole nitrogens is 1. The molecule has 0 unspecified atom stereocenters. The molecule has 0 atom stereocenters. The van der Waals surface area contributed by atoms with Crippen molar-refractivity contribution in [3.05, 3.63) is 33.5 Å². The predicted octanol–water partition coefficient (Wildman–Crippen LogP) is 1.97. The van der Waals surface area contributed by atoms with Crippen LogP contribution in [0.25, 0.3) is 5.78 Å². The average Bonchev–Trinajstić information content (AvgIpc) is 2.59. The fraction of sp³-hybridized carbons (Fsp3) is 0.455. The zero-order chi connectivity index (χ0) is 11.6. The second-order valence-electron chi connectivity index (χ2n) is 3.26. The molecule has 4 heteroatoms. The second-order valence-corrected chi connectivity index (χ2v) is 3.26. The third kappa shape index (κ3) is 1.93. The molecule has 0 aliphatic heterocycles. The number of rotatable bonds is 0. The Hall–Kier alpha value is -1.58. The number of hydrogen-bond acceptors (Lipinski definition) is 2. The molecule has 4 nitrogen and oxygen atoms in total. The molecular weight excluding hydrogens is 190 g/mol. The third-order valence-electron chi connectivity index (χ3n) is 2.22. The van der Waals surface area contributed by atoms with E-state index in [0.29, 0.717) is 11.3 Å². The molecule has 2 rings (SSSR count). The summed E-state index contributed by atoms with van der Waals surface area (Å²) < 4.78 is 1.54. The Bertz CT molecular complexity index is 522. The van der Waals surface area contributed by atoms with Crippen LogP contribution in [0.15, 0.2) is 11.0 Å². The van der Waals surface area contributed by atoms with Crippen LogP contribution in [0, 0.1) is 20.8 Å². The summed E-state index contributed by atoms with van der Waals surface area (Å²) in [6.45, 7) is 9.53. The number of fused-ring (bicyclic) bond motifs is 1. The van der Waals surface area contributed by atoms with Crippen LogP contribution < -0.4 is 5.56 Å². The summed E-state index contributed by atoms with van der Waals surface area (Å²) in [5.74, 6) is 0.616. The SMILES string of the molecule is CC.Cc1cn2c(=O)c(C)c(C)nc2[nH]1. The van der Waals surface area contributed by atoms with Crippen molar-refractivity contribution in [2.75, 3.05) is 0 Å². The fourth-order valence-corrected chi connectivity index (χ4v) is 1.34. The number of hydrogen-bond donors (Lipinski definition) is 1. The Morgan fingerprint density at radius 3 is 2.47 bits per heavy atom. The van der Waals surface area contributed by atoms with Gasteiger partial charge in [-0.2, -0.15) is 0 Å². The zero-order valence-electron chi connectivity index (χ0n) is 9.88. The lowest BCUT2D eigenvalue weighted by Gasteiger charge is -1.97. The highest BCUT2D eigenvalue weighted by Crippen LogP contribution is 2.02. The highest BCUT2D eigenvalue weighted by atomic mass is 16.1. The molecular formula is C11H17N3O. The minimum atomic E-state index is 0.00634. The molecule has 0 aromatic carbocycles. The number of aromatic nitrogens is 3. The lowest BCUT2D eigenvalue weighted by atomic mass is 10.3. The molecule has 0 saturated heterocycles. The molecule has 0 bridgehead atoms. The van der Waals surface area contributed by atoms with E-state index in [1.165, 1.54) is 4.40 Å². The molecule has 15 heavy (non-hydrogen) atoms. The van der Waals surface area contributed by atoms with Crippen LogP contribution in [-0.4, -0.2) is 14.4 Å². The van der Waals surface area contributed by atoms with Gasteiger partial charge in [-0.3, -0.25) is 9.20 Å². The Labute approximate surface area is 89.0 Å². The number of nitrogens with zero attached hydrogens (tertiary/aromatic N) is 2. The van der Waals surface area contributed by atoms with Crippen LogP contribution in [0.2, 0.25) is 0 Å². The Morgan fingerprint density at radius 2 is 1.87 bits per heavy atom. The van der Waals surface area contributed by atoms with E-state index < -0.39 is 0 Å². The minimum absolute atomic E-state index is 0.00634. The van der Waals surface area contributed by atoms with Crippen molar-refractivity contribution in [3.63, 3.8) is 0 Å². The highest BCUT2D eigenvalue weighted by molar-refractivity contribution is 5.34. The predicted molar refractivity (Wildman–Crippen MR) is 61.4 cm³/mol. The molecule has 1 N–H and O–H groups in total. The first-order chi connectivity index (χ1) is 7.09. The molecule has 2 aromatic heterocycles. The molecule has 0 aliphatic carbocycles. The van der Waals surface area contributed by atoms with E-state index in [4.69, 9.17) is 0 Å². The van der Waals surface area contributed by atoms with Gasteiger partial charge < -0.3 is 4.98 Å².